The van der Waals surface area contributed by atoms with Crippen LogP contribution in [0, 0.1) is 28.6 Å². The second-order valence-electron chi connectivity index (χ2n) is 9.16. The number of hydrogen-bond donors (Lipinski definition) is 0. The van der Waals surface area contributed by atoms with Gasteiger partial charge in [0, 0.05) is 30.3 Å². The first kappa shape index (κ1) is 15.5. The lowest BCUT2D eigenvalue weighted by molar-refractivity contribution is -0.144. The average Bonchev–Trinajstić information content (AvgIpc) is 3.03. The summed E-state index contributed by atoms with van der Waals surface area (Å²) in [5.41, 5.74) is 1.88. The number of rotatable bonds is 0. The summed E-state index contributed by atoms with van der Waals surface area (Å²) in [6.07, 6.45) is 7.98. The van der Waals surface area contributed by atoms with Gasteiger partial charge >= 0.3 is 5.97 Å². The van der Waals surface area contributed by atoms with Gasteiger partial charge in [-0.15, -0.1) is 0 Å². The highest BCUT2D eigenvalue weighted by atomic mass is 16.5. The Morgan fingerprint density at radius 2 is 1.88 bits per heavy atom. The molecule has 4 nitrogen and oxygen atoms in total. The maximum atomic E-state index is 13.3. The van der Waals surface area contributed by atoms with Gasteiger partial charge in [-0.2, -0.15) is 0 Å². The summed E-state index contributed by atoms with van der Waals surface area (Å²) in [4.78, 5) is 36.9. The molecule has 1 aliphatic heterocycles. The van der Waals surface area contributed by atoms with Crippen LogP contribution in [-0.4, -0.2) is 23.6 Å². The molecule has 5 rings (SSSR count). The number of esters is 1. The Balaban J connectivity index is 1.57. The number of carbonyl (C=O) groups excluding carboxylic acids is 3. The first-order valence-electron chi connectivity index (χ1n) is 9.52. The van der Waals surface area contributed by atoms with Crippen LogP contribution in [0.25, 0.3) is 0 Å². The van der Waals surface area contributed by atoms with Gasteiger partial charge in [-0.05, 0) is 54.6 Å². The highest BCUT2D eigenvalue weighted by molar-refractivity contribution is 5.93. The molecule has 132 valence electrons. The number of ketones is 2. The molecule has 0 aromatic carbocycles. The first-order valence-corrected chi connectivity index (χ1v) is 9.52. The van der Waals surface area contributed by atoms with Crippen molar-refractivity contribution in [2.24, 2.45) is 28.6 Å². The van der Waals surface area contributed by atoms with Crippen molar-refractivity contribution in [3.8, 4) is 0 Å². The van der Waals surface area contributed by atoms with E-state index >= 15 is 0 Å². The van der Waals surface area contributed by atoms with E-state index in [-0.39, 0.29) is 34.6 Å². The molecule has 0 radical (unpaired) electrons. The zero-order valence-electron chi connectivity index (χ0n) is 14.8. The summed E-state index contributed by atoms with van der Waals surface area (Å²) < 4.78 is 5.50. The molecule has 0 unspecified atom stereocenters. The summed E-state index contributed by atoms with van der Waals surface area (Å²) in [6, 6.07) is 0. The van der Waals surface area contributed by atoms with Gasteiger partial charge in [0.05, 0.1) is 0 Å². The molecule has 0 aromatic rings. The SMILES string of the molecule is C[C@]12CCC(=O)C=C1CC[C@@H]1[C@@H]2C(=O)C[C@]2(C)C3=CC(=O)O[C@H]3C[C@@H]12. The molecule has 0 aromatic heterocycles. The molecule has 4 heteroatoms. The molecule has 4 aliphatic carbocycles. The summed E-state index contributed by atoms with van der Waals surface area (Å²) >= 11 is 0. The van der Waals surface area contributed by atoms with Gasteiger partial charge in [0.1, 0.15) is 11.9 Å². The van der Waals surface area contributed by atoms with Crippen molar-refractivity contribution in [3.05, 3.63) is 23.3 Å². The van der Waals surface area contributed by atoms with Crippen LogP contribution in [0.15, 0.2) is 23.3 Å². The molecule has 3 fully saturated rings. The predicted octanol–water partition coefficient (Wildman–Crippen LogP) is 3.16. The Labute approximate surface area is 147 Å². The molecule has 0 spiro atoms. The largest absolute Gasteiger partial charge is 0.455 e. The fourth-order valence-corrected chi connectivity index (χ4v) is 6.90. The third-order valence-corrected chi connectivity index (χ3v) is 8.05. The Morgan fingerprint density at radius 1 is 1.08 bits per heavy atom. The Kier molecular flexibility index (Phi) is 2.93. The fraction of sp³-hybridized carbons (Fsp3) is 0.667. The normalized spacial score (nSPS) is 48.0. The van der Waals surface area contributed by atoms with Gasteiger partial charge in [0.2, 0.25) is 0 Å². The van der Waals surface area contributed by atoms with Crippen LogP contribution in [0.3, 0.4) is 0 Å². The third kappa shape index (κ3) is 1.86. The number of ether oxygens (including phenoxy) is 1. The highest BCUT2D eigenvalue weighted by Gasteiger charge is 2.64. The molecule has 0 amide bonds. The minimum Gasteiger partial charge on any atom is -0.455 e. The topological polar surface area (TPSA) is 60.4 Å². The van der Waals surface area contributed by atoms with Crippen molar-refractivity contribution < 1.29 is 19.1 Å². The van der Waals surface area contributed by atoms with Crippen LogP contribution in [-0.2, 0) is 19.1 Å². The molecule has 0 saturated heterocycles. The zero-order chi connectivity index (χ0) is 17.6. The summed E-state index contributed by atoms with van der Waals surface area (Å²) in [6.45, 7) is 4.37. The van der Waals surface area contributed by atoms with Gasteiger partial charge in [-0.1, -0.05) is 19.4 Å². The Hall–Kier alpha value is -1.71. The van der Waals surface area contributed by atoms with Gasteiger partial charge in [-0.3, -0.25) is 9.59 Å². The maximum Gasteiger partial charge on any atom is 0.331 e. The molecule has 25 heavy (non-hydrogen) atoms. The molecule has 0 N–H and O–H groups in total. The minimum atomic E-state index is -0.249. The Bertz CT molecular complexity index is 775. The third-order valence-electron chi connectivity index (χ3n) is 8.05. The van der Waals surface area contributed by atoms with E-state index < -0.39 is 0 Å². The Morgan fingerprint density at radius 3 is 2.68 bits per heavy atom. The van der Waals surface area contributed by atoms with E-state index in [2.05, 4.69) is 13.8 Å². The van der Waals surface area contributed by atoms with Crippen molar-refractivity contribution in [1.29, 1.82) is 0 Å². The number of allylic oxidation sites excluding steroid dienone is 1. The van der Waals surface area contributed by atoms with Gasteiger partial charge in [0.15, 0.2) is 5.78 Å². The van der Waals surface area contributed by atoms with Gasteiger partial charge in [0.25, 0.3) is 0 Å². The van der Waals surface area contributed by atoms with Crippen molar-refractivity contribution in [3.63, 3.8) is 0 Å². The van der Waals surface area contributed by atoms with E-state index in [0.717, 1.165) is 31.3 Å². The lowest BCUT2D eigenvalue weighted by Crippen LogP contribution is -2.54. The van der Waals surface area contributed by atoms with Crippen LogP contribution in [0.5, 0.6) is 0 Å². The van der Waals surface area contributed by atoms with Crippen LogP contribution in [0.2, 0.25) is 0 Å². The monoisotopic (exact) mass is 340 g/mol. The molecule has 5 aliphatic rings. The molecular formula is C21H24O4. The second kappa shape index (κ2) is 4.72. The quantitative estimate of drug-likeness (QED) is 0.636. The van der Waals surface area contributed by atoms with Crippen molar-refractivity contribution >= 4 is 17.5 Å². The second-order valence-corrected chi connectivity index (χ2v) is 9.16. The summed E-state index contributed by atoms with van der Waals surface area (Å²) in [7, 11) is 0. The van der Waals surface area contributed by atoms with E-state index in [4.69, 9.17) is 4.74 Å². The van der Waals surface area contributed by atoms with Crippen LogP contribution >= 0.6 is 0 Å². The first-order chi connectivity index (χ1) is 11.8. The van der Waals surface area contributed by atoms with Gasteiger partial charge in [-0.25, -0.2) is 4.79 Å². The molecular weight excluding hydrogens is 316 g/mol. The standard InChI is InChI=1S/C21H24O4/c1-20-6-5-12(22)7-11(20)3-4-13-14-8-17-15(9-18(24)25-17)21(14,2)10-16(23)19(13)20/h7,9,13-14,17,19H,3-6,8,10H2,1-2H3/t13-,14-,17-,19+,20-,21-/m0/s1. The number of Topliss-reactive ketones (excluding diaryl/α,β-unsaturated/α-hetero) is 1. The number of carbonyl (C=O) groups is 3. The molecule has 3 saturated carbocycles. The van der Waals surface area contributed by atoms with Crippen molar-refractivity contribution in [2.45, 2.75) is 58.5 Å². The summed E-state index contributed by atoms with van der Waals surface area (Å²) in [5.74, 6) is 1.05. The van der Waals surface area contributed by atoms with Gasteiger partial charge < -0.3 is 4.74 Å². The highest BCUT2D eigenvalue weighted by Crippen LogP contribution is 2.66. The van der Waals surface area contributed by atoms with Crippen LogP contribution in [0.1, 0.15) is 52.4 Å². The summed E-state index contributed by atoms with van der Waals surface area (Å²) in [5, 5.41) is 0. The maximum absolute atomic E-state index is 13.3. The predicted molar refractivity (Wildman–Crippen MR) is 90.4 cm³/mol. The minimum absolute atomic E-state index is 0.0220. The van der Waals surface area contributed by atoms with Crippen LogP contribution < -0.4 is 0 Å². The number of hydrogen-bond acceptors (Lipinski definition) is 4. The number of fused-ring (bicyclic) bond motifs is 7. The molecule has 1 heterocycles. The lowest BCUT2D eigenvalue weighted by Gasteiger charge is -2.56. The lowest BCUT2D eigenvalue weighted by atomic mass is 9.47. The smallest absolute Gasteiger partial charge is 0.331 e. The molecule has 6 atom stereocenters. The fourth-order valence-electron chi connectivity index (χ4n) is 6.90. The molecule has 0 bridgehead atoms. The van der Waals surface area contributed by atoms with Crippen molar-refractivity contribution in [1.82, 2.24) is 0 Å². The van der Waals surface area contributed by atoms with Crippen molar-refractivity contribution in [2.75, 3.05) is 0 Å². The van der Waals surface area contributed by atoms with E-state index in [1.165, 1.54) is 5.57 Å². The van der Waals surface area contributed by atoms with E-state index in [9.17, 15) is 14.4 Å². The van der Waals surface area contributed by atoms with E-state index in [1.54, 1.807) is 6.08 Å². The zero-order valence-corrected chi connectivity index (χ0v) is 14.8. The van der Waals surface area contributed by atoms with E-state index in [0.29, 0.717) is 30.5 Å². The average molecular weight is 340 g/mol. The van der Waals surface area contributed by atoms with Crippen LogP contribution in [0.4, 0.5) is 0 Å². The van der Waals surface area contributed by atoms with E-state index in [1.807, 2.05) is 6.08 Å².